The van der Waals surface area contributed by atoms with Crippen molar-refractivity contribution in [3.05, 3.63) is 23.9 Å². The lowest BCUT2D eigenvalue weighted by molar-refractivity contribution is -0.121. The standard InChI is InChI=1S/C14H21N5O/c1-4-10(2)16-13(20)8-9-15-14-17-12-7-5-6-11(3)19(12)18-14/h5-7,10H,4,8-9H2,1-3H3,(H,15,18)(H,16,20). The molecule has 1 amide bonds. The average molecular weight is 275 g/mol. The number of carbonyl (C=O) groups excluding carboxylic acids is 1. The Balaban J connectivity index is 1.87. The van der Waals surface area contributed by atoms with Crippen LogP contribution in [0.3, 0.4) is 0 Å². The number of carbonyl (C=O) groups is 1. The molecule has 1 atom stereocenters. The lowest BCUT2D eigenvalue weighted by Gasteiger charge is -2.10. The van der Waals surface area contributed by atoms with Crippen molar-refractivity contribution in [2.75, 3.05) is 11.9 Å². The molecular formula is C14H21N5O. The Morgan fingerprint density at radius 3 is 2.95 bits per heavy atom. The molecule has 0 saturated heterocycles. The van der Waals surface area contributed by atoms with E-state index in [9.17, 15) is 4.79 Å². The number of hydrogen-bond acceptors (Lipinski definition) is 4. The number of aromatic nitrogens is 3. The molecule has 108 valence electrons. The first-order valence-electron chi connectivity index (χ1n) is 6.95. The van der Waals surface area contributed by atoms with Crippen molar-refractivity contribution in [3.63, 3.8) is 0 Å². The zero-order chi connectivity index (χ0) is 14.5. The highest BCUT2D eigenvalue weighted by Gasteiger charge is 2.07. The van der Waals surface area contributed by atoms with E-state index in [0.29, 0.717) is 18.9 Å². The van der Waals surface area contributed by atoms with Crippen molar-refractivity contribution in [2.45, 2.75) is 39.7 Å². The van der Waals surface area contributed by atoms with Crippen LogP contribution in [0.4, 0.5) is 5.95 Å². The van der Waals surface area contributed by atoms with E-state index in [1.807, 2.05) is 39.0 Å². The second-order valence-corrected chi connectivity index (χ2v) is 4.93. The number of rotatable bonds is 6. The van der Waals surface area contributed by atoms with Crippen LogP contribution in [0.1, 0.15) is 32.4 Å². The summed E-state index contributed by atoms with van der Waals surface area (Å²) in [5.74, 6) is 0.599. The fourth-order valence-corrected chi connectivity index (χ4v) is 1.85. The van der Waals surface area contributed by atoms with E-state index in [2.05, 4.69) is 20.7 Å². The smallest absolute Gasteiger partial charge is 0.243 e. The summed E-state index contributed by atoms with van der Waals surface area (Å²) in [5.41, 5.74) is 1.83. The van der Waals surface area contributed by atoms with Crippen LogP contribution in [0.2, 0.25) is 0 Å². The molecule has 0 radical (unpaired) electrons. The normalized spacial score (nSPS) is 12.3. The Kier molecular flexibility index (Phi) is 4.55. The van der Waals surface area contributed by atoms with Crippen LogP contribution in [0, 0.1) is 6.92 Å². The van der Waals surface area contributed by atoms with Crippen molar-refractivity contribution in [2.24, 2.45) is 0 Å². The summed E-state index contributed by atoms with van der Waals surface area (Å²) in [6.07, 6.45) is 1.35. The van der Waals surface area contributed by atoms with E-state index in [4.69, 9.17) is 0 Å². The molecule has 6 nitrogen and oxygen atoms in total. The minimum Gasteiger partial charge on any atom is -0.354 e. The quantitative estimate of drug-likeness (QED) is 0.842. The maximum Gasteiger partial charge on any atom is 0.243 e. The summed E-state index contributed by atoms with van der Waals surface area (Å²) >= 11 is 0. The Hall–Kier alpha value is -2.11. The Labute approximate surface area is 118 Å². The van der Waals surface area contributed by atoms with Crippen molar-refractivity contribution in [3.8, 4) is 0 Å². The highest BCUT2D eigenvalue weighted by atomic mass is 16.1. The summed E-state index contributed by atoms with van der Waals surface area (Å²) in [7, 11) is 0. The molecule has 0 aromatic carbocycles. The van der Waals surface area contributed by atoms with Crippen LogP contribution in [0.15, 0.2) is 18.2 Å². The van der Waals surface area contributed by atoms with Crippen LogP contribution < -0.4 is 10.6 Å². The molecule has 0 saturated carbocycles. The fraction of sp³-hybridized carbons (Fsp3) is 0.500. The average Bonchev–Trinajstić information content (AvgIpc) is 2.83. The Morgan fingerprint density at radius 2 is 2.25 bits per heavy atom. The number of amides is 1. The number of fused-ring (bicyclic) bond motifs is 1. The van der Waals surface area contributed by atoms with E-state index < -0.39 is 0 Å². The second-order valence-electron chi connectivity index (χ2n) is 4.93. The molecule has 1 unspecified atom stereocenters. The molecule has 2 aromatic rings. The molecule has 0 bridgehead atoms. The summed E-state index contributed by atoms with van der Waals surface area (Å²) in [4.78, 5) is 16.0. The minimum absolute atomic E-state index is 0.0480. The van der Waals surface area contributed by atoms with Gasteiger partial charge in [0.25, 0.3) is 0 Å². The third-order valence-electron chi connectivity index (χ3n) is 3.20. The molecule has 20 heavy (non-hydrogen) atoms. The molecule has 2 rings (SSSR count). The van der Waals surface area contributed by atoms with Gasteiger partial charge in [0.15, 0.2) is 5.65 Å². The van der Waals surface area contributed by atoms with Gasteiger partial charge < -0.3 is 10.6 Å². The molecule has 2 aromatic heterocycles. The minimum atomic E-state index is 0.0480. The predicted molar refractivity (Wildman–Crippen MR) is 78.7 cm³/mol. The number of nitrogens with one attached hydrogen (secondary N) is 2. The van der Waals surface area contributed by atoms with Crippen molar-refractivity contribution in [1.82, 2.24) is 19.9 Å². The van der Waals surface area contributed by atoms with Gasteiger partial charge in [-0.05, 0) is 32.4 Å². The Bertz CT molecular complexity index is 592. The number of hydrogen-bond donors (Lipinski definition) is 2. The lowest BCUT2D eigenvalue weighted by Crippen LogP contribution is -2.33. The SMILES string of the molecule is CCC(C)NC(=O)CCNc1nc2cccc(C)n2n1. The summed E-state index contributed by atoms with van der Waals surface area (Å²) < 4.78 is 1.78. The van der Waals surface area contributed by atoms with Gasteiger partial charge in [-0.15, -0.1) is 5.10 Å². The lowest BCUT2D eigenvalue weighted by atomic mass is 10.2. The number of aryl methyl sites for hydroxylation is 1. The summed E-state index contributed by atoms with van der Waals surface area (Å²) in [5, 5.41) is 10.4. The molecule has 6 heteroatoms. The summed E-state index contributed by atoms with van der Waals surface area (Å²) in [6, 6.07) is 6.05. The van der Waals surface area contributed by atoms with Crippen LogP contribution in [0.5, 0.6) is 0 Å². The molecule has 0 fully saturated rings. The molecule has 2 N–H and O–H groups in total. The molecule has 0 aliphatic rings. The first-order chi connectivity index (χ1) is 9.60. The third-order valence-corrected chi connectivity index (χ3v) is 3.20. The van der Waals surface area contributed by atoms with Gasteiger partial charge >= 0.3 is 0 Å². The number of nitrogens with zero attached hydrogens (tertiary/aromatic N) is 3. The van der Waals surface area contributed by atoms with Gasteiger partial charge in [0.1, 0.15) is 0 Å². The van der Waals surface area contributed by atoms with Gasteiger partial charge in [0, 0.05) is 24.7 Å². The summed E-state index contributed by atoms with van der Waals surface area (Å²) in [6.45, 7) is 6.55. The molecule has 0 aliphatic heterocycles. The zero-order valence-electron chi connectivity index (χ0n) is 12.2. The highest BCUT2D eigenvalue weighted by Crippen LogP contribution is 2.07. The maximum absolute atomic E-state index is 11.6. The van der Waals surface area contributed by atoms with Crippen LogP contribution in [0.25, 0.3) is 5.65 Å². The second kappa shape index (κ2) is 6.36. The van der Waals surface area contributed by atoms with E-state index in [1.165, 1.54) is 0 Å². The first kappa shape index (κ1) is 14.3. The highest BCUT2D eigenvalue weighted by molar-refractivity contribution is 5.76. The molecular weight excluding hydrogens is 254 g/mol. The first-order valence-corrected chi connectivity index (χ1v) is 6.95. The van der Waals surface area contributed by atoms with Gasteiger partial charge in [0.05, 0.1) is 0 Å². The molecule has 2 heterocycles. The van der Waals surface area contributed by atoms with E-state index >= 15 is 0 Å². The monoisotopic (exact) mass is 275 g/mol. The van der Waals surface area contributed by atoms with Crippen LogP contribution >= 0.6 is 0 Å². The maximum atomic E-state index is 11.6. The fourth-order valence-electron chi connectivity index (χ4n) is 1.85. The van der Waals surface area contributed by atoms with Crippen LogP contribution in [-0.2, 0) is 4.79 Å². The van der Waals surface area contributed by atoms with Crippen molar-refractivity contribution >= 4 is 17.5 Å². The Morgan fingerprint density at radius 1 is 1.45 bits per heavy atom. The van der Waals surface area contributed by atoms with Gasteiger partial charge in [-0.2, -0.15) is 4.98 Å². The van der Waals surface area contributed by atoms with E-state index in [1.54, 1.807) is 4.52 Å². The van der Waals surface area contributed by atoms with Gasteiger partial charge in [0.2, 0.25) is 11.9 Å². The number of pyridine rings is 1. The number of anilines is 1. The largest absolute Gasteiger partial charge is 0.354 e. The topological polar surface area (TPSA) is 71.3 Å². The predicted octanol–water partition coefficient (Wildman–Crippen LogP) is 1.75. The van der Waals surface area contributed by atoms with Crippen LogP contribution in [-0.4, -0.2) is 33.1 Å². The molecule has 0 aliphatic carbocycles. The van der Waals surface area contributed by atoms with E-state index in [0.717, 1.165) is 17.8 Å². The molecule has 0 spiro atoms. The van der Waals surface area contributed by atoms with Crippen molar-refractivity contribution < 1.29 is 4.79 Å². The van der Waals surface area contributed by atoms with E-state index in [-0.39, 0.29) is 11.9 Å². The van der Waals surface area contributed by atoms with Gasteiger partial charge in [-0.25, -0.2) is 4.52 Å². The third kappa shape index (κ3) is 3.46. The zero-order valence-corrected chi connectivity index (χ0v) is 12.2. The van der Waals surface area contributed by atoms with Gasteiger partial charge in [-0.1, -0.05) is 13.0 Å². The van der Waals surface area contributed by atoms with Gasteiger partial charge in [-0.3, -0.25) is 4.79 Å². The van der Waals surface area contributed by atoms with Crippen molar-refractivity contribution in [1.29, 1.82) is 0 Å².